The van der Waals surface area contributed by atoms with Gasteiger partial charge in [0.2, 0.25) is 0 Å². The Kier molecular flexibility index (Phi) is 3.84. The van der Waals surface area contributed by atoms with Crippen LogP contribution in [-0.4, -0.2) is 23.7 Å². The van der Waals surface area contributed by atoms with Gasteiger partial charge in [0.05, 0.1) is 12.2 Å². The van der Waals surface area contributed by atoms with Crippen molar-refractivity contribution in [3.8, 4) is 0 Å². The molecule has 2 unspecified atom stereocenters. The van der Waals surface area contributed by atoms with Crippen LogP contribution in [0.1, 0.15) is 41.1 Å². The zero-order chi connectivity index (χ0) is 12.4. The summed E-state index contributed by atoms with van der Waals surface area (Å²) in [5.74, 6) is 0.687. The Morgan fingerprint density at radius 3 is 3.18 bits per heavy atom. The highest BCUT2D eigenvalue weighted by Crippen LogP contribution is 2.32. The number of aliphatic hydroxyl groups excluding tert-OH is 1. The van der Waals surface area contributed by atoms with Crippen LogP contribution in [0.5, 0.6) is 0 Å². The molecule has 17 heavy (non-hydrogen) atoms. The van der Waals surface area contributed by atoms with Gasteiger partial charge in [0.15, 0.2) is 0 Å². The molecule has 94 valence electrons. The summed E-state index contributed by atoms with van der Waals surface area (Å²) >= 11 is 1.70. The van der Waals surface area contributed by atoms with Crippen LogP contribution < -0.4 is 5.32 Å². The zero-order valence-electron chi connectivity index (χ0n) is 10.3. The van der Waals surface area contributed by atoms with E-state index >= 15 is 0 Å². The average Bonchev–Trinajstić information content (AvgIpc) is 2.71. The largest absolute Gasteiger partial charge is 0.394 e. The number of fused-ring (bicyclic) bond motifs is 1. The lowest BCUT2D eigenvalue weighted by Gasteiger charge is -2.19. The molecule has 0 aliphatic heterocycles. The van der Waals surface area contributed by atoms with E-state index in [1.54, 1.807) is 18.3 Å². The molecule has 2 N–H and O–H groups in total. The molecule has 2 rings (SSSR count). The molecule has 1 amide bonds. The van der Waals surface area contributed by atoms with Crippen LogP contribution in [-0.2, 0) is 12.8 Å². The van der Waals surface area contributed by atoms with Crippen molar-refractivity contribution in [2.75, 3.05) is 6.61 Å². The molecule has 4 heteroatoms. The summed E-state index contributed by atoms with van der Waals surface area (Å²) in [6, 6.07) is -0.180. The Labute approximate surface area is 106 Å². The number of hydrogen-bond acceptors (Lipinski definition) is 3. The van der Waals surface area contributed by atoms with E-state index < -0.39 is 0 Å². The predicted octanol–water partition coefficient (Wildman–Crippen LogP) is 1.98. The van der Waals surface area contributed by atoms with Gasteiger partial charge in [-0.2, -0.15) is 0 Å². The average molecular weight is 253 g/mol. The summed E-state index contributed by atoms with van der Waals surface area (Å²) in [6.07, 6.45) is 3.28. The van der Waals surface area contributed by atoms with E-state index in [1.165, 1.54) is 16.9 Å². The first-order valence-corrected chi connectivity index (χ1v) is 7.00. The highest BCUT2D eigenvalue weighted by molar-refractivity contribution is 7.10. The van der Waals surface area contributed by atoms with Crippen LogP contribution >= 0.6 is 11.3 Å². The van der Waals surface area contributed by atoms with Gasteiger partial charge in [0.25, 0.3) is 5.91 Å². The maximum Gasteiger partial charge on any atom is 0.252 e. The Morgan fingerprint density at radius 1 is 1.71 bits per heavy atom. The van der Waals surface area contributed by atoms with Gasteiger partial charge in [0.1, 0.15) is 0 Å². The minimum atomic E-state index is -0.180. The standard InChI is InChI=1S/C13H19NO2S/c1-8-3-4-10-11(7-17-12(10)5-8)13(16)14-9(2)6-15/h7-9,15H,3-6H2,1-2H3,(H,14,16). The molecule has 3 nitrogen and oxygen atoms in total. The van der Waals surface area contributed by atoms with Crippen molar-refractivity contribution in [2.24, 2.45) is 5.92 Å². The first-order valence-electron chi connectivity index (χ1n) is 6.12. The number of rotatable bonds is 3. The summed E-state index contributed by atoms with van der Waals surface area (Å²) in [7, 11) is 0. The van der Waals surface area contributed by atoms with E-state index in [4.69, 9.17) is 5.11 Å². The topological polar surface area (TPSA) is 49.3 Å². The van der Waals surface area contributed by atoms with Gasteiger partial charge >= 0.3 is 0 Å². The van der Waals surface area contributed by atoms with Gasteiger partial charge < -0.3 is 10.4 Å². The maximum absolute atomic E-state index is 12.0. The fourth-order valence-corrected chi connectivity index (χ4v) is 3.46. The van der Waals surface area contributed by atoms with Crippen molar-refractivity contribution in [3.63, 3.8) is 0 Å². The summed E-state index contributed by atoms with van der Waals surface area (Å²) < 4.78 is 0. The number of amides is 1. The number of aliphatic hydroxyl groups is 1. The molecule has 0 radical (unpaired) electrons. The smallest absolute Gasteiger partial charge is 0.252 e. The summed E-state index contributed by atoms with van der Waals surface area (Å²) in [6.45, 7) is 4.05. The Morgan fingerprint density at radius 2 is 2.47 bits per heavy atom. The number of carbonyl (C=O) groups excluding carboxylic acids is 1. The number of nitrogens with one attached hydrogen (secondary N) is 1. The first kappa shape index (κ1) is 12.6. The minimum Gasteiger partial charge on any atom is -0.394 e. The molecule has 1 aliphatic rings. The van der Waals surface area contributed by atoms with E-state index in [0.717, 1.165) is 24.3 Å². The minimum absolute atomic E-state index is 0.0187. The molecular weight excluding hydrogens is 234 g/mol. The zero-order valence-corrected chi connectivity index (χ0v) is 11.1. The van der Waals surface area contributed by atoms with Gasteiger partial charge in [-0.25, -0.2) is 0 Å². The molecule has 1 aliphatic carbocycles. The molecule has 0 bridgehead atoms. The number of hydrogen-bond donors (Lipinski definition) is 2. The van der Waals surface area contributed by atoms with Crippen LogP contribution in [0.25, 0.3) is 0 Å². The van der Waals surface area contributed by atoms with Gasteiger partial charge in [-0.15, -0.1) is 11.3 Å². The third-order valence-corrected chi connectivity index (χ3v) is 4.35. The third kappa shape index (κ3) is 2.69. The number of thiophene rings is 1. The van der Waals surface area contributed by atoms with Crippen LogP contribution in [0.2, 0.25) is 0 Å². The van der Waals surface area contributed by atoms with Crippen molar-refractivity contribution >= 4 is 17.2 Å². The third-order valence-electron chi connectivity index (χ3n) is 3.30. The Balaban J connectivity index is 2.14. The highest BCUT2D eigenvalue weighted by atomic mass is 32.1. The van der Waals surface area contributed by atoms with Crippen LogP contribution in [0.15, 0.2) is 5.38 Å². The van der Waals surface area contributed by atoms with Crippen molar-refractivity contribution in [2.45, 2.75) is 39.2 Å². The molecule has 0 spiro atoms. The fourth-order valence-electron chi connectivity index (χ4n) is 2.21. The molecule has 1 aromatic rings. The second-order valence-electron chi connectivity index (χ2n) is 4.96. The molecule has 0 fully saturated rings. The lowest BCUT2D eigenvalue weighted by Crippen LogP contribution is -2.35. The van der Waals surface area contributed by atoms with E-state index in [2.05, 4.69) is 12.2 Å². The quantitative estimate of drug-likeness (QED) is 0.865. The van der Waals surface area contributed by atoms with E-state index in [-0.39, 0.29) is 18.6 Å². The molecule has 1 aromatic heterocycles. The van der Waals surface area contributed by atoms with Crippen molar-refractivity contribution in [1.82, 2.24) is 5.32 Å². The van der Waals surface area contributed by atoms with Crippen LogP contribution in [0.3, 0.4) is 0 Å². The monoisotopic (exact) mass is 253 g/mol. The van der Waals surface area contributed by atoms with Crippen molar-refractivity contribution in [3.05, 3.63) is 21.4 Å². The lowest BCUT2D eigenvalue weighted by molar-refractivity contribution is 0.0921. The number of carbonyl (C=O) groups is 1. The maximum atomic E-state index is 12.0. The van der Waals surface area contributed by atoms with E-state index in [1.807, 2.05) is 5.38 Å². The van der Waals surface area contributed by atoms with Crippen LogP contribution in [0.4, 0.5) is 0 Å². The van der Waals surface area contributed by atoms with E-state index in [9.17, 15) is 4.79 Å². The molecule has 0 saturated heterocycles. The SMILES string of the molecule is CC1CCc2c(C(=O)NC(C)CO)csc2C1. The Bertz CT molecular complexity index is 414. The highest BCUT2D eigenvalue weighted by Gasteiger charge is 2.23. The second-order valence-corrected chi connectivity index (χ2v) is 5.92. The molecule has 1 heterocycles. The molecular formula is C13H19NO2S. The summed E-state index contributed by atoms with van der Waals surface area (Å²) in [5, 5.41) is 13.7. The molecule has 0 saturated carbocycles. The van der Waals surface area contributed by atoms with Gasteiger partial charge in [-0.1, -0.05) is 6.92 Å². The Hall–Kier alpha value is -0.870. The van der Waals surface area contributed by atoms with Crippen molar-refractivity contribution in [1.29, 1.82) is 0 Å². The fraction of sp³-hybridized carbons (Fsp3) is 0.615. The van der Waals surface area contributed by atoms with Crippen molar-refractivity contribution < 1.29 is 9.90 Å². The molecule has 0 aromatic carbocycles. The van der Waals surface area contributed by atoms with Gasteiger partial charge in [-0.3, -0.25) is 4.79 Å². The second kappa shape index (κ2) is 5.19. The summed E-state index contributed by atoms with van der Waals surface area (Å²) in [5.41, 5.74) is 2.05. The molecule has 2 atom stereocenters. The van der Waals surface area contributed by atoms with E-state index in [0.29, 0.717) is 0 Å². The van der Waals surface area contributed by atoms with Gasteiger partial charge in [0, 0.05) is 16.3 Å². The van der Waals surface area contributed by atoms with Crippen LogP contribution in [0, 0.1) is 5.92 Å². The van der Waals surface area contributed by atoms with Gasteiger partial charge in [-0.05, 0) is 37.7 Å². The summed E-state index contributed by atoms with van der Waals surface area (Å²) in [4.78, 5) is 13.4. The normalized spacial score (nSPS) is 20.8. The first-order chi connectivity index (χ1) is 8.11. The lowest BCUT2D eigenvalue weighted by atomic mass is 9.88. The predicted molar refractivity (Wildman–Crippen MR) is 69.5 cm³/mol.